The molecular formula is C11H25N. The van der Waals surface area contributed by atoms with Crippen molar-refractivity contribution in [2.45, 2.75) is 58.8 Å². The van der Waals surface area contributed by atoms with Gasteiger partial charge in [-0.2, -0.15) is 0 Å². The molecule has 0 aromatic heterocycles. The van der Waals surface area contributed by atoms with Crippen LogP contribution in [0.2, 0.25) is 0 Å². The molecule has 0 heterocycles. The van der Waals surface area contributed by atoms with Gasteiger partial charge in [-0.1, -0.05) is 51.7 Å². The zero-order valence-electron chi connectivity index (χ0n) is 8.81. The zero-order chi connectivity index (χ0) is 8.36. The van der Waals surface area contributed by atoms with Gasteiger partial charge in [0.1, 0.15) is 0 Å². The average molecular weight is 171 g/mol. The predicted octanol–water partition coefficient (Wildman–Crippen LogP) is 4.48. The molecule has 1 nitrogen and oxygen atoms in total. The molecule has 0 saturated carbocycles. The van der Waals surface area contributed by atoms with E-state index < -0.39 is 0 Å². The molecule has 0 aromatic carbocycles. The summed E-state index contributed by atoms with van der Waals surface area (Å²) < 4.78 is 0. The summed E-state index contributed by atoms with van der Waals surface area (Å²) in [4.78, 5) is 0. The van der Waals surface area contributed by atoms with Gasteiger partial charge >= 0.3 is 0 Å². The topological polar surface area (TPSA) is 35.0 Å². The van der Waals surface area contributed by atoms with E-state index in [-0.39, 0.29) is 6.15 Å². The van der Waals surface area contributed by atoms with Gasteiger partial charge in [0.05, 0.1) is 0 Å². The maximum atomic E-state index is 2.34. The third kappa shape index (κ3) is 12.4. The number of rotatable bonds is 7. The van der Waals surface area contributed by atoms with Gasteiger partial charge in [0.15, 0.2) is 0 Å². The van der Waals surface area contributed by atoms with Gasteiger partial charge in [-0.15, -0.1) is 0 Å². The minimum absolute atomic E-state index is 0. The summed E-state index contributed by atoms with van der Waals surface area (Å²) >= 11 is 0. The summed E-state index contributed by atoms with van der Waals surface area (Å²) in [5, 5.41) is 0. The Morgan fingerprint density at radius 2 is 1.25 bits per heavy atom. The molecule has 0 atom stereocenters. The normalized spacial score (nSPS) is 10.2. The van der Waals surface area contributed by atoms with Crippen LogP contribution < -0.4 is 6.15 Å². The van der Waals surface area contributed by atoms with Crippen LogP contribution in [0.15, 0.2) is 12.2 Å². The quantitative estimate of drug-likeness (QED) is 0.445. The third-order valence-corrected chi connectivity index (χ3v) is 1.87. The van der Waals surface area contributed by atoms with Crippen molar-refractivity contribution in [3.63, 3.8) is 0 Å². The average Bonchev–Trinajstić information content (AvgIpc) is 2.03. The van der Waals surface area contributed by atoms with Gasteiger partial charge in [-0.3, -0.25) is 0 Å². The van der Waals surface area contributed by atoms with Crippen LogP contribution >= 0.6 is 0 Å². The van der Waals surface area contributed by atoms with Crippen molar-refractivity contribution in [1.82, 2.24) is 6.15 Å². The lowest BCUT2D eigenvalue weighted by atomic mass is 10.2. The van der Waals surface area contributed by atoms with E-state index in [9.17, 15) is 0 Å². The molecule has 0 aromatic rings. The first kappa shape index (κ1) is 14.2. The molecule has 0 radical (unpaired) electrons. The van der Waals surface area contributed by atoms with Crippen LogP contribution in [0.5, 0.6) is 0 Å². The summed E-state index contributed by atoms with van der Waals surface area (Å²) in [5.74, 6) is 0. The zero-order valence-corrected chi connectivity index (χ0v) is 8.81. The molecule has 0 amide bonds. The van der Waals surface area contributed by atoms with E-state index in [1.807, 2.05) is 0 Å². The second kappa shape index (κ2) is 13.3. The molecule has 0 fully saturated rings. The summed E-state index contributed by atoms with van der Waals surface area (Å²) in [6, 6.07) is 0. The third-order valence-electron chi connectivity index (χ3n) is 1.87. The highest BCUT2D eigenvalue weighted by Gasteiger charge is 1.81. The number of hydrogen-bond acceptors (Lipinski definition) is 1. The Hall–Kier alpha value is -0.300. The van der Waals surface area contributed by atoms with Crippen molar-refractivity contribution in [2.75, 3.05) is 0 Å². The van der Waals surface area contributed by atoms with Gasteiger partial charge in [0, 0.05) is 0 Å². The molecule has 74 valence electrons. The monoisotopic (exact) mass is 171 g/mol. The number of hydrogen-bond donors (Lipinski definition) is 1. The minimum atomic E-state index is 0. The van der Waals surface area contributed by atoms with Gasteiger partial charge in [0.2, 0.25) is 0 Å². The molecule has 0 bridgehead atoms. The number of unbranched alkanes of at least 4 members (excludes halogenated alkanes) is 5. The maximum absolute atomic E-state index is 2.34. The molecule has 0 rings (SSSR count). The van der Waals surface area contributed by atoms with Gasteiger partial charge in [0.25, 0.3) is 0 Å². The highest BCUT2D eigenvalue weighted by atomic mass is 14.0. The Balaban J connectivity index is 0. The summed E-state index contributed by atoms with van der Waals surface area (Å²) in [6.45, 7) is 4.49. The second-order valence-corrected chi connectivity index (χ2v) is 3.11. The van der Waals surface area contributed by atoms with E-state index in [0.717, 1.165) is 0 Å². The molecule has 0 spiro atoms. The smallest absolute Gasteiger partial charge is 0.0351 e. The highest BCUT2D eigenvalue weighted by molar-refractivity contribution is 4.80. The molecule has 0 aliphatic rings. The Kier molecular flexibility index (Phi) is 15.8. The summed E-state index contributed by atoms with van der Waals surface area (Å²) in [5.41, 5.74) is 0. The fraction of sp³-hybridized carbons (Fsp3) is 0.818. The van der Waals surface area contributed by atoms with Crippen LogP contribution in [-0.2, 0) is 0 Å². The van der Waals surface area contributed by atoms with Crippen LogP contribution in [0.3, 0.4) is 0 Å². The Bertz CT molecular complexity index is 87.0. The maximum Gasteiger partial charge on any atom is -0.0351 e. The van der Waals surface area contributed by atoms with Crippen molar-refractivity contribution in [2.24, 2.45) is 0 Å². The first-order valence-corrected chi connectivity index (χ1v) is 5.06. The van der Waals surface area contributed by atoms with E-state index in [0.29, 0.717) is 0 Å². The van der Waals surface area contributed by atoms with Crippen molar-refractivity contribution in [1.29, 1.82) is 0 Å². The molecule has 0 aliphatic carbocycles. The lowest BCUT2D eigenvalue weighted by Crippen LogP contribution is -1.71. The van der Waals surface area contributed by atoms with Crippen molar-refractivity contribution in [3.8, 4) is 0 Å². The lowest BCUT2D eigenvalue weighted by Gasteiger charge is -1.91. The van der Waals surface area contributed by atoms with E-state index in [4.69, 9.17) is 0 Å². The molecule has 1 heteroatoms. The standard InChI is InChI=1S/C11H22.H3N/c1-3-5-7-9-11-10-8-6-4-2;/h9,11H,3-8,10H2,1-2H3;1H3. The Morgan fingerprint density at radius 1 is 0.750 bits per heavy atom. The van der Waals surface area contributed by atoms with Crippen LogP contribution in [0.25, 0.3) is 0 Å². The molecule has 0 unspecified atom stereocenters. The molecule has 12 heavy (non-hydrogen) atoms. The molecule has 3 N–H and O–H groups in total. The van der Waals surface area contributed by atoms with Gasteiger partial charge in [-0.05, 0) is 19.3 Å². The van der Waals surface area contributed by atoms with E-state index >= 15 is 0 Å². The van der Waals surface area contributed by atoms with Crippen LogP contribution in [0.1, 0.15) is 58.8 Å². The summed E-state index contributed by atoms with van der Waals surface area (Å²) in [6.07, 6.45) is 14.0. The number of allylic oxidation sites excluding steroid dienone is 2. The first-order valence-electron chi connectivity index (χ1n) is 5.06. The minimum Gasteiger partial charge on any atom is -0.344 e. The SMILES string of the molecule is CCCCC=CCCCCC.N. The van der Waals surface area contributed by atoms with Crippen molar-refractivity contribution in [3.05, 3.63) is 12.2 Å². The highest BCUT2D eigenvalue weighted by Crippen LogP contribution is 2.01. The largest absolute Gasteiger partial charge is 0.344 e. The lowest BCUT2D eigenvalue weighted by molar-refractivity contribution is 0.726. The fourth-order valence-corrected chi connectivity index (χ4v) is 1.07. The Labute approximate surface area is 77.8 Å². The van der Waals surface area contributed by atoms with Crippen molar-refractivity contribution >= 4 is 0 Å². The van der Waals surface area contributed by atoms with E-state index in [2.05, 4.69) is 26.0 Å². The van der Waals surface area contributed by atoms with E-state index in [1.54, 1.807) is 0 Å². The fourth-order valence-electron chi connectivity index (χ4n) is 1.07. The predicted molar refractivity (Wildman–Crippen MR) is 57.8 cm³/mol. The molecule has 0 saturated heterocycles. The summed E-state index contributed by atoms with van der Waals surface area (Å²) in [7, 11) is 0. The molecular weight excluding hydrogens is 146 g/mol. The van der Waals surface area contributed by atoms with E-state index in [1.165, 1.54) is 44.9 Å². The van der Waals surface area contributed by atoms with Gasteiger partial charge < -0.3 is 6.15 Å². The molecule has 0 aliphatic heterocycles. The van der Waals surface area contributed by atoms with Crippen molar-refractivity contribution < 1.29 is 0 Å². The van der Waals surface area contributed by atoms with Crippen LogP contribution in [0.4, 0.5) is 0 Å². The van der Waals surface area contributed by atoms with Gasteiger partial charge in [-0.25, -0.2) is 0 Å². The van der Waals surface area contributed by atoms with Crippen LogP contribution in [-0.4, -0.2) is 0 Å². The first-order chi connectivity index (χ1) is 5.41. The van der Waals surface area contributed by atoms with Crippen LogP contribution in [0, 0.1) is 0 Å². The second-order valence-electron chi connectivity index (χ2n) is 3.11. The Morgan fingerprint density at radius 3 is 1.75 bits per heavy atom.